The van der Waals surface area contributed by atoms with Gasteiger partial charge in [-0.05, 0) is 39.8 Å². The molecule has 0 radical (unpaired) electrons. The van der Waals surface area contributed by atoms with Gasteiger partial charge in [-0.15, -0.1) is 0 Å². The van der Waals surface area contributed by atoms with Crippen LogP contribution in [0.5, 0.6) is 11.5 Å². The molecule has 1 rings (SSSR count). The van der Waals surface area contributed by atoms with Crippen LogP contribution in [0.2, 0.25) is 0 Å². The summed E-state index contributed by atoms with van der Waals surface area (Å²) >= 11 is 0. The van der Waals surface area contributed by atoms with Crippen LogP contribution in [0.3, 0.4) is 0 Å². The number of ether oxygens (including phenoxy) is 4. The lowest BCUT2D eigenvalue weighted by molar-refractivity contribution is -0.0610. The molecule has 0 bridgehead atoms. The van der Waals surface area contributed by atoms with E-state index in [-0.39, 0.29) is 12.6 Å². The summed E-state index contributed by atoms with van der Waals surface area (Å²) in [5, 5.41) is 0. The zero-order valence-corrected chi connectivity index (χ0v) is 13.9. The molecule has 0 heterocycles. The minimum Gasteiger partial charge on any atom is -0.465 e. The smallest absolute Gasteiger partial charge is 0.197 e. The van der Waals surface area contributed by atoms with Crippen LogP contribution in [0, 0.1) is 0 Å². The number of hydrogen-bond acceptors (Lipinski definition) is 4. The standard InChI is InChI=1S/C18H26O4/c1-13(2)11-19-15(5)21-17-8-7-9-18(10-17)22-16(6)20-12-14(3)4/h7-10,15-16H,1,3,11-12H2,2,4-6H3. The Balaban J connectivity index is 2.50. The highest BCUT2D eigenvalue weighted by Gasteiger charge is 2.08. The molecule has 0 fully saturated rings. The summed E-state index contributed by atoms with van der Waals surface area (Å²) in [6.45, 7) is 16.0. The van der Waals surface area contributed by atoms with Crippen molar-refractivity contribution in [3.63, 3.8) is 0 Å². The topological polar surface area (TPSA) is 36.9 Å². The quantitative estimate of drug-likeness (QED) is 0.476. The van der Waals surface area contributed by atoms with Crippen molar-refractivity contribution in [3.8, 4) is 11.5 Å². The molecule has 0 amide bonds. The molecule has 22 heavy (non-hydrogen) atoms. The molecule has 0 N–H and O–H groups in total. The van der Waals surface area contributed by atoms with Gasteiger partial charge in [0.25, 0.3) is 0 Å². The molecule has 0 saturated heterocycles. The van der Waals surface area contributed by atoms with Crippen molar-refractivity contribution in [2.24, 2.45) is 0 Å². The summed E-state index contributed by atoms with van der Waals surface area (Å²) in [6.07, 6.45) is -0.715. The highest BCUT2D eigenvalue weighted by Crippen LogP contribution is 2.22. The van der Waals surface area contributed by atoms with Gasteiger partial charge in [-0.2, -0.15) is 0 Å². The Morgan fingerprint density at radius 2 is 1.32 bits per heavy atom. The molecule has 0 aliphatic carbocycles. The maximum absolute atomic E-state index is 5.69. The van der Waals surface area contributed by atoms with E-state index in [9.17, 15) is 0 Å². The Hall–Kier alpha value is -1.78. The molecule has 1 aromatic carbocycles. The first-order valence-electron chi connectivity index (χ1n) is 7.32. The summed E-state index contributed by atoms with van der Waals surface area (Å²) in [4.78, 5) is 0. The van der Waals surface area contributed by atoms with Gasteiger partial charge in [0, 0.05) is 6.07 Å². The van der Waals surface area contributed by atoms with E-state index in [2.05, 4.69) is 13.2 Å². The van der Waals surface area contributed by atoms with Crippen molar-refractivity contribution in [1.29, 1.82) is 0 Å². The van der Waals surface area contributed by atoms with Crippen molar-refractivity contribution in [1.82, 2.24) is 0 Å². The molecule has 0 saturated carbocycles. The number of benzene rings is 1. The molecule has 122 valence electrons. The van der Waals surface area contributed by atoms with Crippen molar-refractivity contribution < 1.29 is 18.9 Å². The van der Waals surface area contributed by atoms with Crippen LogP contribution in [-0.4, -0.2) is 25.8 Å². The van der Waals surface area contributed by atoms with E-state index < -0.39 is 0 Å². The van der Waals surface area contributed by atoms with Gasteiger partial charge in [0.1, 0.15) is 11.5 Å². The fourth-order valence-corrected chi connectivity index (χ4v) is 1.59. The van der Waals surface area contributed by atoms with Gasteiger partial charge < -0.3 is 18.9 Å². The summed E-state index contributed by atoms with van der Waals surface area (Å²) in [6, 6.07) is 7.38. The third kappa shape index (κ3) is 7.86. The first kappa shape index (κ1) is 18.3. The normalized spacial score (nSPS) is 13.3. The van der Waals surface area contributed by atoms with E-state index in [4.69, 9.17) is 18.9 Å². The van der Waals surface area contributed by atoms with Gasteiger partial charge >= 0.3 is 0 Å². The highest BCUT2D eigenvalue weighted by molar-refractivity contribution is 5.33. The lowest BCUT2D eigenvalue weighted by Crippen LogP contribution is -2.18. The van der Waals surface area contributed by atoms with Crippen molar-refractivity contribution >= 4 is 0 Å². The van der Waals surface area contributed by atoms with Gasteiger partial charge in [0.15, 0.2) is 12.6 Å². The molecule has 0 aromatic heterocycles. The van der Waals surface area contributed by atoms with E-state index in [0.29, 0.717) is 24.7 Å². The number of hydrogen-bond donors (Lipinski definition) is 0. The second-order valence-corrected chi connectivity index (χ2v) is 5.38. The maximum Gasteiger partial charge on any atom is 0.197 e. The predicted octanol–water partition coefficient (Wildman–Crippen LogP) is 4.32. The van der Waals surface area contributed by atoms with Crippen LogP contribution in [0.1, 0.15) is 27.7 Å². The minimum atomic E-state index is -0.357. The summed E-state index contributed by atoms with van der Waals surface area (Å²) in [7, 11) is 0. The maximum atomic E-state index is 5.69. The Labute approximate surface area is 133 Å². The van der Waals surface area contributed by atoms with E-state index in [0.717, 1.165) is 11.1 Å². The molecular weight excluding hydrogens is 280 g/mol. The van der Waals surface area contributed by atoms with Crippen LogP contribution in [0.15, 0.2) is 48.6 Å². The lowest BCUT2D eigenvalue weighted by Gasteiger charge is -2.18. The molecule has 2 atom stereocenters. The minimum absolute atomic E-state index is 0.357. The third-order valence-electron chi connectivity index (χ3n) is 2.54. The Morgan fingerprint density at radius 1 is 0.909 bits per heavy atom. The molecule has 4 nitrogen and oxygen atoms in total. The molecule has 0 aliphatic heterocycles. The second-order valence-electron chi connectivity index (χ2n) is 5.38. The highest BCUT2D eigenvalue weighted by atomic mass is 16.7. The zero-order valence-electron chi connectivity index (χ0n) is 13.9. The third-order valence-corrected chi connectivity index (χ3v) is 2.54. The van der Waals surface area contributed by atoms with E-state index in [1.54, 1.807) is 6.07 Å². The Bertz CT molecular complexity index is 454. The average Bonchev–Trinajstić information content (AvgIpc) is 2.43. The van der Waals surface area contributed by atoms with Gasteiger partial charge in [-0.1, -0.05) is 30.4 Å². The molecule has 4 heteroatoms. The van der Waals surface area contributed by atoms with Crippen LogP contribution >= 0.6 is 0 Å². The van der Waals surface area contributed by atoms with Gasteiger partial charge in [-0.3, -0.25) is 0 Å². The van der Waals surface area contributed by atoms with Gasteiger partial charge in [0.2, 0.25) is 0 Å². The van der Waals surface area contributed by atoms with Gasteiger partial charge in [0.05, 0.1) is 13.2 Å². The second kappa shape index (κ2) is 9.28. The summed E-state index contributed by atoms with van der Waals surface area (Å²) < 4.78 is 22.4. The van der Waals surface area contributed by atoms with Crippen molar-refractivity contribution in [2.45, 2.75) is 40.3 Å². The SMILES string of the molecule is C=C(C)COC(C)Oc1cccc(OC(C)OCC(=C)C)c1. The molecule has 2 unspecified atom stereocenters. The van der Waals surface area contributed by atoms with Crippen LogP contribution in [0.4, 0.5) is 0 Å². The summed E-state index contributed by atoms with van der Waals surface area (Å²) in [5.41, 5.74) is 1.91. The molecule has 1 aromatic rings. The zero-order chi connectivity index (χ0) is 16.5. The van der Waals surface area contributed by atoms with Crippen LogP contribution in [-0.2, 0) is 9.47 Å². The Kier molecular flexibility index (Phi) is 7.71. The first-order chi connectivity index (χ1) is 10.4. The van der Waals surface area contributed by atoms with E-state index >= 15 is 0 Å². The average molecular weight is 306 g/mol. The van der Waals surface area contributed by atoms with Crippen LogP contribution in [0.25, 0.3) is 0 Å². The fourth-order valence-electron chi connectivity index (χ4n) is 1.59. The van der Waals surface area contributed by atoms with Crippen LogP contribution < -0.4 is 9.47 Å². The lowest BCUT2D eigenvalue weighted by atomic mass is 10.3. The largest absolute Gasteiger partial charge is 0.465 e. The fraction of sp³-hybridized carbons (Fsp3) is 0.444. The van der Waals surface area contributed by atoms with Crippen molar-refractivity contribution in [3.05, 3.63) is 48.6 Å². The van der Waals surface area contributed by atoms with E-state index in [1.165, 1.54) is 0 Å². The van der Waals surface area contributed by atoms with E-state index in [1.807, 2.05) is 45.9 Å². The first-order valence-corrected chi connectivity index (χ1v) is 7.32. The Morgan fingerprint density at radius 3 is 1.68 bits per heavy atom. The predicted molar refractivity (Wildman–Crippen MR) is 88.2 cm³/mol. The van der Waals surface area contributed by atoms with Gasteiger partial charge in [-0.25, -0.2) is 0 Å². The molecule has 0 spiro atoms. The van der Waals surface area contributed by atoms with Crippen molar-refractivity contribution in [2.75, 3.05) is 13.2 Å². The number of rotatable bonds is 10. The summed E-state index contributed by atoms with van der Waals surface area (Å²) in [5.74, 6) is 1.36. The molecular formula is C18H26O4. The molecule has 0 aliphatic rings. The monoisotopic (exact) mass is 306 g/mol.